The van der Waals surface area contributed by atoms with Crippen molar-refractivity contribution < 1.29 is 0 Å². The fraction of sp³-hybridized carbons (Fsp3) is 0.182. The summed E-state index contributed by atoms with van der Waals surface area (Å²) in [6.07, 6.45) is 2.27. The monoisotopic (exact) mass is 331 g/mol. The number of hydrogen-bond acceptors (Lipinski definition) is 1. The number of fused-ring (bicyclic) bond motifs is 1. The fourth-order valence-corrected chi connectivity index (χ4v) is 3.89. The molecule has 1 nitrogen and oxygen atoms in total. The van der Waals surface area contributed by atoms with E-state index in [1.165, 1.54) is 32.6 Å². The van der Waals surface area contributed by atoms with Crippen LogP contribution in [0.2, 0.25) is 0 Å². The van der Waals surface area contributed by atoms with Gasteiger partial charge in [0.15, 0.2) is 0 Å². The molecule has 0 unspecified atom stereocenters. The van der Waals surface area contributed by atoms with Gasteiger partial charge in [0.1, 0.15) is 0 Å². The number of benzene rings is 2. The van der Waals surface area contributed by atoms with E-state index in [4.69, 9.17) is 0 Å². The molecule has 0 saturated carbocycles. The Hall–Kier alpha value is -2.32. The Kier molecular flexibility index (Phi) is 3.58. The number of rotatable bonds is 2. The van der Waals surface area contributed by atoms with Crippen LogP contribution in [0.1, 0.15) is 26.3 Å². The van der Waals surface area contributed by atoms with Crippen molar-refractivity contribution in [2.24, 2.45) is 0 Å². The highest BCUT2D eigenvalue weighted by atomic mass is 32.1. The summed E-state index contributed by atoms with van der Waals surface area (Å²) >= 11 is 1.79. The van der Waals surface area contributed by atoms with Crippen LogP contribution in [0, 0.1) is 0 Å². The SMILES string of the molecule is CC(C)(C)c1ccc(-n2cc(-c3cccs3)c3ccccc32)cc1. The van der Waals surface area contributed by atoms with Crippen molar-refractivity contribution in [1.82, 2.24) is 4.57 Å². The average molecular weight is 331 g/mol. The maximum absolute atomic E-state index is 2.30. The summed E-state index contributed by atoms with van der Waals surface area (Å²) in [6, 6.07) is 21.9. The highest BCUT2D eigenvalue weighted by molar-refractivity contribution is 7.13. The molecular formula is C22H21NS. The normalized spacial score (nSPS) is 12.0. The van der Waals surface area contributed by atoms with Crippen molar-refractivity contribution in [3.8, 4) is 16.1 Å². The zero-order chi connectivity index (χ0) is 16.7. The molecule has 0 radical (unpaired) electrons. The van der Waals surface area contributed by atoms with Crippen LogP contribution in [0.5, 0.6) is 0 Å². The predicted octanol–water partition coefficient (Wildman–Crippen LogP) is 6.66. The second-order valence-electron chi connectivity index (χ2n) is 7.20. The molecule has 0 spiro atoms. The standard InChI is InChI=1S/C22H21NS/c1-22(2,3)16-10-12-17(13-11-16)23-15-19(21-9-6-14-24-21)18-7-4-5-8-20(18)23/h4-15H,1-3H3. The molecule has 2 heterocycles. The lowest BCUT2D eigenvalue weighted by Gasteiger charge is -2.19. The predicted molar refractivity (Wildman–Crippen MR) is 105 cm³/mol. The van der Waals surface area contributed by atoms with Gasteiger partial charge in [0.05, 0.1) is 5.52 Å². The van der Waals surface area contributed by atoms with E-state index in [0.29, 0.717) is 0 Å². The largest absolute Gasteiger partial charge is 0.316 e. The van der Waals surface area contributed by atoms with Gasteiger partial charge in [0.2, 0.25) is 0 Å². The molecule has 0 aliphatic heterocycles. The molecule has 0 saturated heterocycles. The summed E-state index contributed by atoms with van der Waals surface area (Å²) in [5.74, 6) is 0. The van der Waals surface area contributed by atoms with E-state index in [-0.39, 0.29) is 5.41 Å². The molecular weight excluding hydrogens is 310 g/mol. The number of nitrogens with zero attached hydrogens (tertiary/aromatic N) is 1. The Labute approximate surface area is 147 Å². The smallest absolute Gasteiger partial charge is 0.0535 e. The van der Waals surface area contributed by atoms with Crippen LogP contribution in [-0.4, -0.2) is 4.57 Å². The number of thiophene rings is 1. The van der Waals surface area contributed by atoms with E-state index in [1.54, 1.807) is 11.3 Å². The van der Waals surface area contributed by atoms with Crippen LogP contribution >= 0.6 is 11.3 Å². The van der Waals surface area contributed by atoms with Crippen LogP contribution in [0.3, 0.4) is 0 Å². The molecule has 0 bridgehead atoms. The highest BCUT2D eigenvalue weighted by Gasteiger charge is 2.15. The molecule has 2 aromatic heterocycles. The first-order valence-electron chi connectivity index (χ1n) is 8.29. The Morgan fingerprint density at radius 3 is 2.25 bits per heavy atom. The minimum atomic E-state index is 0.180. The van der Waals surface area contributed by atoms with Gasteiger partial charge in [-0.15, -0.1) is 11.3 Å². The Bertz CT molecular complexity index is 967. The van der Waals surface area contributed by atoms with Gasteiger partial charge >= 0.3 is 0 Å². The molecule has 0 fully saturated rings. The quantitative estimate of drug-likeness (QED) is 0.387. The zero-order valence-electron chi connectivity index (χ0n) is 14.3. The molecule has 2 heteroatoms. The first-order valence-corrected chi connectivity index (χ1v) is 9.17. The molecule has 0 N–H and O–H groups in total. The molecule has 2 aromatic carbocycles. The second kappa shape index (κ2) is 5.64. The van der Waals surface area contributed by atoms with Gasteiger partial charge < -0.3 is 4.57 Å². The van der Waals surface area contributed by atoms with Crippen LogP contribution in [0.25, 0.3) is 27.0 Å². The zero-order valence-corrected chi connectivity index (χ0v) is 15.1. The highest BCUT2D eigenvalue weighted by Crippen LogP contribution is 2.35. The average Bonchev–Trinajstić information content (AvgIpc) is 3.21. The van der Waals surface area contributed by atoms with Gasteiger partial charge in [-0.3, -0.25) is 0 Å². The summed E-state index contributed by atoms with van der Waals surface area (Å²) in [4.78, 5) is 1.32. The van der Waals surface area contributed by atoms with E-state index in [2.05, 4.69) is 97.6 Å². The van der Waals surface area contributed by atoms with Crippen LogP contribution in [-0.2, 0) is 5.41 Å². The molecule has 0 aliphatic rings. The maximum Gasteiger partial charge on any atom is 0.0535 e. The summed E-state index contributed by atoms with van der Waals surface area (Å²) in [7, 11) is 0. The Morgan fingerprint density at radius 1 is 0.833 bits per heavy atom. The van der Waals surface area contributed by atoms with E-state index in [0.717, 1.165) is 0 Å². The van der Waals surface area contributed by atoms with Crippen molar-refractivity contribution in [2.45, 2.75) is 26.2 Å². The summed E-state index contributed by atoms with van der Waals surface area (Å²) in [5.41, 5.74) is 5.31. The molecule has 0 atom stereocenters. The molecule has 120 valence electrons. The maximum atomic E-state index is 2.30. The lowest BCUT2D eigenvalue weighted by Crippen LogP contribution is -2.10. The Morgan fingerprint density at radius 2 is 1.58 bits per heavy atom. The van der Waals surface area contributed by atoms with Crippen molar-refractivity contribution in [1.29, 1.82) is 0 Å². The van der Waals surface area contributed by atoms with Gasteiger partial charge in [-0.1, -0.05) is 57.2 Å². The van der Waals surface area contributed by atoms with Gasteiger partial charge in [0, 0.05) is 27.7 Å². The lowest BCUT2D eigenvalue weighted by molar-refractivity contribution is 0.590. The number of para-hydroxylation sites is 1. The third-order valence-electron chi connectivity index (χ3n) is 4.51. The summed E-state index contributed by atoms with van der Waals surface area (Å²) < 4.78 is 2.30. The molecule has 4 aromatic rings. The van der Waals surface area contributed by atoms with Crippen molar-refractivity contribution in [3.63, 3.8) is 0 Å². The first kappa shape index (κ1) is 15.2. The van der Waals surface area contributed by atoms with E-state index in [1.807, 2.05) is 0 Å². The molecule has 0 amide bonds. The summed E-state index contributed by atoms with van der Waals surface area (Å²) in [5, 5.41) is 3.44. The lowest BCUT2D eigenvalue weighted by atomic mass is 9.87. The van der Waals surface area contributed by atoms with E-state index in [9.17, 15) is 0 Å². The van der Waals surface area contributed by atoms with Gasteiger partial charge in [-0.25, -0.2) is 0 Å². The third-order valence-corrected chi connectivity index (χ3v) is 5.41. The summed E-state index contributed by atoms with van der Waals surface area (Å²) in [6.45, 7) is 6.76. The number of aromatic nitrogens is 1. The van der Waals surface area contributed by atoms with Crippen LogP contribution < -0.4 is 0 Å². The van der Waals surface area contributed by atoms with Crippen molar-refractivity contribution in [2.75, 3.05) is 0 Å². The molecule has 4 rings (SSSR count). The van der Waals surface area contributed by atoms with Crippen LogP contribution in [0.15, 0.2) is 72.2 Å². The fourth-order valence-electron chi connectivity index (χ4n) is 3.14. The van der Waals surface area contributed by atoms with Gasteiger partial charge in [-0.05, 0) is 40.6 Å². The van der Waals surface area contributed by atoms with E-state index >= 15 is 0 Å². The Balaban J connectivity index is 1.88. The van der Waals surface area contributed by atoms with Crippen molar-refractivity contribution >= 4 is 22.2 Å². The second-order valence-corrected chi connectivity index (χ2v) is 8.15. The van der Waals surface area contributed by atoms with Gasteiger partial charge in [0.25, 0.3) is 0 Å². The minimum Gasteiger partial charge on any atom is -0.316 e. The molecule has 0 aliphatic carbocycles. The topological polar surface area (TPSA) is 4.93 Å². The van der Waals surface area contributed by atoms with Crippen LogP contribution in [0.4, 0.5) is 0 Å². The third kappa shape index (κ3) is 2.57. The van der Waals surface area contributed by atoms with Gasteiger partial charge in [-0.2, -0.15) is 0 Å². The number of hydrogen-bond donors (Lipinski definition) is 0. The van der Waals surface area contributed by atoms with Crippen molar-refractivity contribution in [3.05, 3.63) is 77.8 Å². The first-order chi connectivity index (χ1) is 11.5. The minimum absolute atomic E-state index is 0.180. The van der Waals surface area contributed by atoms with E-state index < -0.39 is 0 Å². The molecule has 24 heavy (non-hydrogen) atoms.